The quantitative estimate of drug-likeness (QED) is 0.178. The summed E-state index contributed by atoms with van der Waals surface area (Å²) in [7, 11) is 0. The van der Waals surface area contributed by atoms with Gasteiger partial charge in [-0.05, 0) is 53.2 Å². The Kier molecular flexibility index (Phi) is 5.34. The Bertz CT molecular complexity index is 4010. The number of hydrogen-bond acceptors (Lipinski definition) is 3. The van der Waals surface area contributed by atoms with Gasteiger partial charge in [0.2, 0.25) is 5.95 Å². The highest BCUT2D eigenvalue weighted by Gasteiger charge is 2.27. The number of benzene rings is 8. The van der Waals surface area contributed by atoms with Crippen LogP contribution in [0.2, 0.25) is 0 Å². The summed E-state index contributed by atoms with van der Waals surface area (Å²) in [6.45, 7) is 0. The van der Waals surface area contributed by atoms with Crippen LogP contribution in [0.15, 0.2) is 164 Å². The van der Waals surface area contributed by atoms with Crippen molar-refractivity contribution in [2.24, 2.45) is 0 Å². The van der Waals surface area contributed by atoms with E-state index >= 15 is 0 Å². The molecule has 0 bridgehead atoms. The van der Waals surface area contributed by atoms with Crippen molar-refractivity contribution in [3.8, 4) is 11.8 Å². The normalized spacial score (nSPS) is 12.6. The lowest BCUT2D eigenvalue weighted by molar-refractivity contribution is 0.977. The van der Waals surface area contributed by atoms with Gasteiger partial charge in [-0.1, -0.05) is 121 Å². The standard InChI is InChI=1S/C50H27N5S/c1-2-14-29-28(13-1)25-26-40-43(29)31-16-4-11-23-39(31)55(40)50-51-46-34-19-7-12-24-42(34)56-48(46)49(52-50)54-38-22-10-5-17-32(38)44-41(54)27-35-30-15-3-8-20-36(30)53-37-21-9-6-18-33(37)45(44)47(35)53/h1-27H. The number of nitrogens with zero attached hydrogens (tertiary/aromatic N) is 5. The molecular formula is C50H27N5S. The van der Waals surface area contributed by atoms with E-state index < -0.39 is 0 Å². The van der Waals surface area contributed by atoms with Crippen LogP contribution in [0.3, 0.4) is 0 Å². The topological polar surface area (TPSA) is 40.0 Å². The molecule has 0 spiro atoms. The molecule has 14 rings (SSSR count). The van der Waals surface area contributed by atoms with Gasteiger partial charge in [0.25, 0.3) is 0 Å². The van der Waals surface area contributed by atoms with Gasteiger partial charge >= 0.3 is 0 Å². The van der Waals surface area contributed by atoms with Crippen LogP contribution in [0.25, 0.3) is 125 Å². The molecule has 0 saturated heterocycles. The molecule has 0 unspecified atom stereocenters. The first-order valence-electron chi connectivity index (χ1n) is 19.0. The van der Waals surface area contributed by atoms with E-state index in [4.69, 9.17) is 9.97 Å². The van der Waals surface area contributed by atoms with Crippen molar-refractivity contribution >= 4 is 124 Å². The van der Waals surface area contributed by atoms with Gasteiger partial charge in [-0.15, -0.1) is 11.3 Å². The molecule has 0 amide bonds. The summed E-state index contributed by atoms with van der Waals surface area (Å²) in [4.78, 5) is 11.2. The second-order valence-corrected chi connectivity index (χ2v) is 16.0. The lowest BCUT2D eigenvalue weighted by atomic mass is 10.0. The minimum atomic E-state index is 0.663. The second kappa shape index (κ2) is 10.3. The Labute approximate surface area is 321 Å². The Morgan fingerprint density at radius 1 is 0.393 bits per heavy atom. The molecule has 6 heteroatoms. The van der Waals surface area contributed by atoms with Crippen LogP contribution in [0.1, 0.15) is 0 Å². The van der Waals surface area contributed by atoms with Crippen molar-refractivity contribution in [2.75, 3.05) is 0 Å². The third-order valence-electron chi connectivity index (χ3n) is 12.2. The average Bonchev–Trinajstić information content (AvgIpc) is 4.05. The molecule has 6 aromatic heterocycles. The highest BCUT2D eigenvalue weighted by Crippen LogP contribution is 2.48. The number of fused-ring (bicyclic) bond motifs is 18. The Balaban J connectivity index is 1.21. The SMILES string of the molecule is c1ccc2c(c1)ccc1c2c2ccccc2n1-c1nc(-n2c3ccccc3c3c4c5ccccc5n5c6ccccc6c(cc32)c45)c2sc3ccccc3c2n1. The van der Waals surface area contributed by atoms with Crippen LogP contribution in [-0.4, -0.2) is 23.5 Å². The zero-order chi connectivity index (χ0) is 36.2. The van der Waals surface area contributed by atoms with E-state index in [1.807, 2.05) is 0 Å². The Morgan fingerprint density at radius 3 is 1.77 bits per heavy atom. The van der Waals surface area contributed by atoms with Crippen LogP contribution in [0, 0.1) is 0 Å². The maximum Gasteiger partial charge on any atom is 0.237 e. The summed E-state index contributed by atoms with van der Waals surface area (Å²) in [6, 6.07) is 59.5. The summed E-state index contributed by atoms with van der Waals surface area (Å²) in [5, 5.41) is 13.5. The second-order valence-electron chi connectivity index (χ2n) is 14.9. The van der Waals surface area contributed by atoms with E-state index in [1.165, 1.54) is 75.1 Å². The lowest BCUT2D eigenvalue weighted by Gasteiger charge is -2.13. The van der Waals surface area contributed by atoms with Gasteiger partial charge < -0.3 is 4.40 Å². The van der Waals surface area contributed by atoms with Gasteiger partial charge in [0.15, 0.2) is 5.82 Å². The fraction of sp³-hybridized carbons (Fsp3) is 0. The highest BCUT2D eigenvalue weighted by atomic mass is 32.1. The first-order chi connectivity index (χ1) is 27.8. The fourth-order valence-electron chi connectivity index (χ4n) is 9.96. The molecule has 0 aliphatic rings. The minimum absolute atomic E-state index is 0.663. The molecule has 6 heterocycles. The molecule has 0 atom stereocenters. The third kappa shape index (κ3) is 3.47. The van der Waals surface area contributed by atoms with E-state index in [0.29, 0.717) is 5.95 Å². The predicted molar refractivity (Wildman–Crippen MR) is 236 cm³/mol. The number of aromatic nitrogens is 5. The van der Waals surface area contributed by atoms with E-state index in [1.54, 1.807) is 11.3 Å². The maximum absolute atomic E-state index is 5.72. The number of thiophene rings is 1. The third-order valence-corrected chi connectivity index (χ3v) is 13.3. The molecular weight excluding hydrogens is 703 g/mol. The smallest absolute Gasteiger partial charge is 0.237 e. The molecule has 5 nitrogen and oxygen atoms in total. The molecule has 0 radical (unpaired) electrons. The Morgan fingerprint density at radius 2 is 0.982 bits per heavy atom. The maximum atomic E-state index is 5.72. The summed E-state index contributed by atoms with van der Waals surface area (Å²) in [5.41, 5.74) is 9.15. The van der Waals surface area contributed by atoms with Crippen LogP contribution in [-0.2, 0) is 0 Å². The molecule has 258 valence electrons. The van der Waals surface area contributed by atoms with E-state index in [9.17, 15) is 0 Å². The van der Waals surface area contributed by atoms with Gasteiger partial charge in [-0.25, -0.2) is 4.98 Å². The molecule has 56 heavy (non-hydrogen) atoms. The molecule has 0 aliphatic carbocycles. The van der Waals surface area contributed by atoms with E-state index in [0.717, 1.165) is 43.5 Å². The molecule has 0 fully saturated rings. The number of rotatable bonds is 2. The van der Waals surface area contributed by atoms with Gasteiger partial charge in [0.05, 0.1) is 48.8 Å². The predicted octanol–water partition coefficient (Wildman–Crippen LogP) is 13.3. The summed E-state index contributed by atoms with van der Waals surface area (Å²) < 4.78 is 9.45. The zero-order valence-corrected chi connectivity index (χ0v) is 30.5. The molecule has 0 saturated carbocycles. The first kappa shape index (κ1) is 29.1. The van der Waals surface area contributed by atoms with Gasteiger partial charge in [-0.2, -0.15) is 4.98 Å². The van der Waals surface area contributed by atoms with Crippen molar-refractivity contribution in [1.82, 2.24) is 23.5 Å². The van der Waals surface area contributed by atoms with Gasteiger partial charge in [-0.3, -0.25) is 9.13 Å². The van der Waals surface area contributed by atoms with Crippen LogP contribution in [0.5, 0.6) is 0 Å². The molecule has 14 aromatic rings. The van der Waals surface area contributed by atoms with Crippen LogP contribution >= 0.6 is 11.3 Å². The number of hydrogen-bond donors (Lipinski definition) is 0. The Hall–Kier alpha value is -7.28. The fourth-order valence-corrected chi connectivity index (χ4v) is 11.1. The summed E-state index contributed by atoms with van der Waals surface area (Å²) >= 11 is 1.78. The van der Waals surface area contributed by atoms with E-state index in [-0.39, 0.29) is 0 Å². The highest BCUT2D eigenvalue weighted by molar-refractivity contribution is 7.26. The number of para-hydroxylation sites is 4. The zero-order valence-electron chi connectivity index (χ0n) is 29.7. The summed E-state index contributed by atoms with van der Waals surface area (Å²) in [6.07, 6.45) is 0. The van der Waals surface area contributed by atoms with Crippen LogP contribution < -0.4 is 0 Å². The molecule has 0 N–H and O–H groups in total. The van der Waals surface area contributed by atoms with Crippen molar-refractivity contribution in [3.63, 3.8) is 0 Å². The van der Waals surface area contributed by atoms with Crippen molar-refractivity contribution in [3.05, 3.63) is 164 Å². The monoisotopic (exact) mass is 729 g/mol. The minimum Gasteiger partial charge on any atom is -0.308 e. The van der Waals surface area contributed by atoms with Crippen molar-refractivity contribution in [2.45, 2.75) is 0 Å². The lowest BCUT2D eigenvalue weighted by Crippen LogP contribution is -2.06. The van der Waals surface area contributed by atoms with E-state index in [2.05, 4.69) is 177 Å². The molecule has 0 aliphatic heterocycles. The van der Waals surface area contributed by atoms with Gasteiger partial charge in [0.1, 0.15) is 0 Å². The average molecular weight is 730 g/mol. The largest absolute Gasteiger partial charge is 0.308 e. The van der Waals surface area contributed by atoms with Gasteiger partial charge in [0, 0.05) is 53.2 Å². The first-order valence-corrected chi connectivity index (χ1v) is 19.8. The molecule has 8 aromatic carbocycles. The van der Waals surface area contributed by atoms with Crippen molar-refractivity contribution < 1.29 is 0 Å². The van der Waals surface area contributed by atoms with Crippen molar-refractivity contribution in [1.29, 1.82) is 0 Å². The summed E-state index contributed by atoms with van der Waals surface area (Å²) in [5.74, 6) is 1.56. The van der Waals surface area contributed by atoms with Crippen LogP contribution in [0.4, 0.5) is 0 Å².